The predicted molar refractivity (Wildman–Crippen MR) is 63.1 cm³/mol. The molecule has 0 N–H and O–H groups in total. The first-order valence-electron chi connectivity index (χ1n) is 4.73. The Bertz CT molecular complexity index is 107. The molecule has 1 aliphatic heterocycles. The van der Waals surface area contributed by atoms with Crippen LogP contribution in [0.15, 0.2) is 0 Å². The van der Waals surface area contributed by atoms with Crippen LogP contribution in [-0.4, -0.2) is 32.5 Å². The first kappa shape index (κ1) is 11.0. The molecule has 0 aromatic heterocycles. The minimum atomic E-state index is 0.00571. The highest BCUT2D eigenvalue weighted by atomic mass is 32.4. The zero-order chi connectivity index (χ0) is 8.65. The summed E-state index contributed by atoms with van der Waals surface area (Å²) in [5, 5.41) is 0. The van der Waals surface area contributed by atoms with Gasteiger partial charge in [0.25, 0.3) is 0 Å². The third-order valence-corrected chi connectivity index (χ3v) is 6.86. The van der Waals surface area contributed by atoms with Gasteiger partial charge in [-0.25, -0.2) is 0 Å². The molecule has 0 aliphatic carbocycles. The van der Waals surface area contributed by atoms with Crippen LogP contribution in [0.5, 0.6) is 0 Å². The van der Waals surface area contributed by atoms with Gasteiger partial charge >= 0.3 is 0 Å². The maximum absolute atomic E-state index is 5.68. The first-order valence-corrected chi connectivity index (χ1v) is 9.07. The van der Waals surface area contributed by atoms with Crippen LogP contribution in [0.3, 0.4) is 0 Å². The van der Waals surface area contributed by atoms with Gasteiger partial charge in [-0.15, -0.1) is 0 Å². The fourth-order valence-electron chi connectivity index (χ4n) is 1.32. The lowest BCUT2D eigenvalue weighted by Gasteiger charge is -2.21. The second kappa shape index (κ2) is 7.30. The third-order valence-electron chi connectivity index (χ3n) is 2.02. The lowest BCUT2D eigenvalue weighted by molar-refractivity contribution is 0.0668. The highest BCUT2D eigenvalue weighted by Crippen LogP contribution is 2.15. The Hall–Kier alpha value is 0.877. The summed E-state index contributed by atoms with van der Waals surface area (Å²) in [5.41, 5.74) is 0.684. The molecule has 1 rings (SSSR count). The van der Waals surface area contributed by atoms with Gasteiger partial charge in [0, 0.05) is 6.61 Å². The van der Waals surface area contributed by atoms with E-state index in [0.717, 1.165) is 12.4 Å². The smallest absolute Gasteiger partial charge is 0.118 e. The number of thiol groups is 1. The first-order chi connectivity index (χ1) is 5.93. The van der Waals surface area contributed by atoms with Gasteiger partial charge in [-0.3, -0.25) is 0 Å². The Morgan fingerprint density at radius 2 is 2.42 bits per heavy atom. The number of rotatable bonds is 5. The van der Waals surface area contributed by atoms with Crippen LogP contribution in [-0.2, 0) is 4.74 Å². The van der Waals surface area contributed by atoms with Crippen LogP contribution in [0.1, 0.15) is 25.7 Å². The average Bonchev–Trinajstić information content (AvgIpc) is 2.14. The molecule has 0 bridgehead atoms. The Morgan fingerprint density at radius 3 is 3.08 bits per heavy atom. The summed E-state index contributed by atoms with van der Waals surface area (Å²) < 4.78 is 5.68. The third kappa shape index (κ3) is 4.79. The SMILES string of the molecule is SCCCS[SiH2]C1CCCCO1. The molecule has 0 aromatic carbocycles. The summed E-state index contributed by atoms with van der Waals surface area (Å²) in [6, 6.07) is 0. The van der Waals surface area contributed by atoms with Crippen molar-refractivity contribution in [1.82, 2.24) is 0 Å². The molecule has 1 unspecified atom stereocenters. The van der Waals surface area contributed by atoms with Crippen molar-refractivity contribution in [2.24, 2.45) is 0 Å². The maximum atomic E-state index is 5.68. The van der Waals surface area contributed by atoms with E-state index < -0.39 is 0 Å². The van der Waals surface area contributed by atoms with Gasteiger partial charge in [0.2, 0.25) is 0 Å². The van der Waals surface area contributed by atoms with Crippen molar-refractivity contribution >= 4 is 32.5 Å². The van der Waals surface area contributed by atoms with Gasteiger partial charge in [-0.2, -0.15) is 23.8 Å². The van der Waals surface area contributed by atoms with E-state index in [1.807, 2.05) is 0 Å². The largest absolute Gasteiger partial charge is 0.381 e. The Morgan fingerprint density at radius 1 is 1.50 bits per heavy atom. The highest BCUT2D eigenvalue weighted by molar-refractivity contribution is 8.22. The number of hydrogen-bond donors (Lipinski definition) is 1. The van der Waals surface area contributed by atoms with Crippen molar-refractivity contribution in [1.29, 1.82) is 0 Å². The van der Waals surface area contributed by atoms with Crippen molar-refractivity contribution in [2.75, 3.05) is 18.1 Å². The number of hydrogen-bond acceptors (Lipinski definition) is 3. The molecule has 1 aliphatic rings. The number of ether oxygens (including phenoxy) is 1. The van der Waals surface area contributed by atoms with E-state index >= 15 is 0 Å². The van der Waals surface area contributed by atoms with Crippen LogP contribution in [0.4, 0.5) is 0 Å². The fourth-order valence-corrected chi connectivity index (χ4v) is 5.88. The molecular formula is C8H18OS2Si. The summed E-state index contributed by atoms with van der Waals surface area (Å²) in [4.78, 5) is 0. The summed E-state index contributed by atoms with van der Waals surface area (Å²) in [6.07, 6.45) is 5.27. The van der Waals surface area contributed by atoms with E-state index in [4.69, 9.17) is 4.74 Å². The van der Waals surface area contributed by atoms with Crippen molar-refractivity contribution < 1.29 is 4.74 Å². The second-order valence-electron chi connectivity index (χ2n) is 3.14. The summed E-state index contributed by atoms with van der Waals surface area (Å²) in [6.45, 7) is 1.02. The van der Waals surface area contributed by atoms with E-state index in [-0.39, 0.29) is 8.67 Å². The van der Waals surface area contributed by atoms with Crippen LogP contribution >= 0.6 is 23.8 Å². The van der Waals surface area contributed by atoms with Gasteiger partial charge in [0.15, 0.2) is 0 Å². The lowest BCUT2D eigenvalue weighted by Crippen LogP contribution is -2.23. The molecule has 12 heavy (non-hydrogen) atoms. The molecule has 0 aromatic rings. The molecule has 0 saturated carbocycles. The minimum Gasteiger partial charge on any atom is -0.381 e. The topological polar surface area (TPSA) is 9.23 Å². The molecular weight excluding hydrogens is 204 g/mol. The predicted octanol–water partition coefficient (Wildman–Crippen LogP) is 1.65. The standard InChI is InChI=1S/C8H18OS2Si/c10-6-3-7-11-12-8-4-1-2-5-9-8/h8,10H,1-7,12H2. The van der Waals surface area contributed by atoms with Gasteiger partial charge in [0.05, 0.1) is 5.73 Å². The lowest BCUT2D eigenvalue weighted by atomic mass is 10.2. The van der Waals surface area contributed by atoms with E-state index in [9.17, 15) is 0 Å². The molecule has 0 amide bonds. The fraction of sp³-hybridized carbons (Fsp3) is 1.00. The van der Waals surface area contributed by atoms with Crippen LogP contribution in [0.2, 0.25) is 0 Å². The molecule has 1 heterocycles. The van der Waals surface area contributed by atoms with Gasteiger partial charge in [0.1, 0.15) is 8.67 Å². The molecule has 1 saturated heterocycles. The van der Waals surface area contributed by atoms with Crippen LogP contribution in [0, 0.1) is 0 Å². The molecule has 4 heteroatoms. The van der Waals surface area contributed by atoms with Crippen LogP contribution < -0.4 is 0 Å². The highest BCUT2D eigenvalue weighted by Gasteiger charge is 2.13. The van der Waals surface area contributed by atoms with Crippen molar-refractivity contribution in [3.05, 3.63) is 0 Å². The zero-order valence-corrected chi connectivity index (χ0v) is 10.6. The van der Waals surface area contributed by atoms with Crippen molar-refractivity contribution in [3.8, 4) is 0 Å². The van der Waals surface area contributed by atoms with E-state index in [0.29, 0.717) is 5.73 Å². The van der Waals surface area contributed by atoms with E-state index in [1.165, 1.54) is 31.4 Å². The summed E-state index contributed by atoms with van der Waals surface area (Å²) >= 11 is 6.34. The van der Waals surface area contributed by atoms with Crippen molar-refractivity contribution in [2.45, 2.75) is 31.4 Å². The Labute approximate surface area is 86.9 Å². The van der Waals surface area contributed by atoms with Crippen LogP contribution in [0.25, 0.3) is 0 Å². The maximum Gasteiger partial charge on any atom is 0.118 e. The molecule has 1 atom stereocenters. The molecule has 72 valence electrons. The normalized spacial score (nSPS) is 25.2. The van der Waals surface area contributed by atoms with Gasteiger partial charge in [-0.1, -0.05) is 0 Å². The van der Waals surface area contributed by atoms with E-state index in [1.54, 1.807) is 0 Å². The van der Waals surface area contributed by atoms with E-state index in [2.05, 4.69) is 23.8 Å². The summed E-state index contributed by atoms with van der Waals surface area (Å²) in [5.74, 6) is 2.34. The molecule has 1 nitrogen and oxygen atoms in total. The Balaban J connectivity index is 1.91. The van der Waals surface area contributed by atoms with Crippen molar-refractivity contribution in [3.63, 3.8) is 0 Å². The van der Waals surface area contributed by atoms with Gasteiger partial charge in [-0.05, 0) is 37.2 Å². The van der Waals surface area contributed by atoms with Gasteiger partial charge < -0.3 is 4.74 Å². The Kier molecular flexibility index (Phi) is 6.66. The molecule has 0 spiro atoms. The molecule has 1 fully saturated rings. The monoisotopic (exact) mass is 222 g/mol. The zero-order valence-electron chi connectivity index (χ0n) is 7.50. The minimum absolute atomic E-state index is 0.00571. The average molecular weight is 222 g/mol. The summed E-state index contributed by atoms with van der Waals surface area (Å²) in [7, 11) is 0.00571. The quantitative estimate of drug-likeness (QED) is 0.430. The second-order valence-corrected chi connectivity index (χ2v) is 7.87. The molecule has 0 radical (unpaired) electrons.